The number of methoxy groups -OCH3 is 1. The van der Waals surface area contributed by atoms with Gasteiger partial charge in [0.25, 0.3) is 5.91 Å². The normalized spacial score (nSPS) is 17.4. The Labute approximate surface area is 141 Å². The molecule has 2 heterocycles. The van der Waals surface area contributed by atoms with Gasteiger partial charge in [0, 0.05) is 19.3 Å². The Balaban J connectivity index is 1.86. The van der Waals surface area contributed by atoms with Gasteiger partial charge in [-0.3, -0.25) is 4.79 Å². The zero-order valence-corrected chi connectivity index (χ0v) is 13.9. The predicted octanol–water partition coefficient (Wildman–Crippen LogP) is 2.69. The van der Waals surface area contributed by atoms with Gasteiger partial charge in [-0.1, -0.05) is 12.1 Å². The van der Waals surface area contributed by atoms with Crippen LogP contribution in [0.3, 0.4) is 0 Å². The van der Waals surface area contributed by atoms with E-state index < -0.39 is 0 Å². The first-order valence-corrected chi connectivity index (χ1v) is 7.95. The molecule has 1 fully saturated rings. The lowest BCUT2D eigenvalue weighted by Crippen LogP contribution is -2.44. The number of hydrogen-bond acceptors (Lipinski definition) is 5. The number of amides is 1. The van der Waals surface area contributed by atoms with Gasteiger partial charge >= 0.3 is 0 Å². The molecule has 0 aliphatic carbocycles. The van der Waals surface area contributed by atoms with Crippen LogP contribution in [-0.2, 0) is 4.74 Å². The van der Waals surface area contributed by atoms with E-state index in [9.17, 15) is 4.79 Å². The fourth-order valence-electron chi connectivity index (χ4n) is 2.73. The molecule has 2 aromatic rings. The summed E-state index contributed by atoms with van der Waals surface area (Å²) in [5.41, 5.74) is 1.31. The van der Waals surface area contributed by atoms with Crippen molar-refractivity contribution in [3.63, 3.8) is 0 Å². The second-order valence-electron chi connectivity index (χ2n) is 5.66. The zero-order valence-electron chi connectivity index (χ0n) is 13.9. The topological polar surface area (TPSA) is 63.7 Å². The summed E-state index contributed by atoms with van der Waals surface area (Å²) in [5.74, 6) is 1.17. The van der Waals surface area contributed by atoms with Gasteiger partial charge in [-0.05, 0) is 31.2 Å². The first-order chi connectivity index (χ1) is 11.7. The molecular weight excluding hydrogens is 306 g/mol. The molecule has 0 saturated carbocycles. The van der Waals surface area contributed by atoms with Crippen LogP contribution in [0.1, 0.15) is 17.3 Å². The molecule has 24 heavy (non-hydrogen) atoms. The van der Waals surface area contributed by atoms with E-state index >= 15 is 0 Å². The average Bonchev–Trinajstić information content (AvgIpc) is 2.62. The van der Waals surface area contributed by atoms with Gasteiger partial charge in [0.2, 0.25) is 0 Å². The molecule has 1 aliphatic rings. The number of anilines is 2. The molecule has 1 N–H and O–H groups in total. The molecule has 1 atom stereocenters. The number of morpholine rings is 1. The van der Waals surface area contributed by atoms with Crippen molar-refractivity contribution in [3.8, 4) is 5.75 Å². The number of carbonyl (C=O) groups excluding carboxylic acids is 1. The first kappa shape index (κ1) is 16.3. The Kier molecular flexibility index (Phi) is 4.96. The van der Waals surface area contributed by atoms with Crippen LogP contribution in [-0.4, -0.2) is 48.7 Å². The average molecular weight is 327 g/mol. The molecule has 1 amide bonds. The highest BCUT2D eigenvalue weighted by Gasteiger charge is 2.24. The number of rotatable bonds is 4. The maximum atomic E-state index is 12.9. The SMILES string of the molecule is COc1ccccc1Nc1ncccc1C(=O)N1CCOC(C)C1. The van der Waals surface area contributed by atoms with Gasteiger partial charge in [-0.2, -0.15) is 0 Å². The summed E-state index contributed by atoms with van der Waals surface area (Å²) >= 11 is 0. The number of nitrogens with one attached hydrogen (secondary N) is 1. The third-order valence-electron chi connectivity index (χ3n) is 3.93. The lowest BCUT2D eigenvalue weighted by atomic mass is 10.2. The Bertz CT molecular complexity index is 720. The van der Waals surface area contributed by atoms with Crippen molar-refractivity contribution in [3.05, 3.63) is 48.2 Å². The number of ether oxygens (including phenoxy) is 2. The maximum absolute atomic E-state index is 12.9. The van der Waals surface area contributed by atoms with Crippen molar-refractivity contribution in [2.24, 2.45) is 0 Å². The van der Waals surface area contributed by atoms with E-state index in [4.69, 9.17) is 9.47 Å². The molecule has 1 aliphatic heterocycles. The van der Waals surface area contributed by atoms with E-state index in [1.54, 1.807) is 30.3 Å². The highest BCUT2D eigenvalue weighted by molar-refractivity contribution is 5.99. The summed E-state index contributed by atoms with van der Waals surface area (Å²) in [6.07, 6.45) is 1.71. The van der Waals surface area contributed by atoms with Crippen molar-refractivity contribution in [2.75, 3.05) is 32.1 Å². The highest BCUT2D eigenvalue weighted by Crippen LogP contribution is 2.28. The fraction of sp³-hybridized carbons (Fsp3) is 0.333. The van der Waals surface area contributed by atoms with Crippen LogP contribution < -0.4 is 10.1 Å². The van der Waals surface area contributed by atoms with Crippen molar-refractivity contribution in [2.45, 2.75) is 13.0 Å². The summed E-state index contributed by atoms with van der Waals surface area (Å²) < 4.78 is 10.9. The smallest absolute Gasteiger partial charge is 0.257 e. The van der Waals surface area contributed by atoms with E-state index in [0.29, 0.717) is 36.8 Å². The summed E-state index contributed by atoms with van der Waals surface area (Å²) in [6.45, 7) is 3.70. The van der Waals surface area contributed by atoms with Crippen LogP contribution in [0.2, 0.25) is 0 Å². The molecule has 3 rings (SSSR count). The van der Waals surface area contributed by atoms with Crippen LogP contribution >= 0.6 is 0 Å². The molecule has 1 saturated heterocycles. The summed E-state index contributed by atoms with van der Waals surface area (Å²) in [5, 5.41) is 3.21. The summed E-state index contributed by atoms with van der Waals surface area (Å²) in [6, 6.07) is 11.1. The van der Waals surface area contributed by atoms with Crippen LogP contribution in [0.4, 0.5) is 11.5 Å². The van der Waals surface area contributed by atoms with Crippen molar-refractivity contribution in [1.29, 1.82) is 0 Å². The number of pyridine rings is 1. The second kappa shape index (κ2) is 7.31. The standard InChI is InChI=1S/C18H21N3O3/c1-13-12-21(10-11-24-13)18(22)14-6-5-9-19-17(14)20-15-7-3-4-8-16(15)23-2/h3-9,13H,10-12H2,1-2H3,(H,19,20). The van der Waals surface area contributed by atoms with E-state index in [-0.39, 0.29) is 12.0 Å². The molecule has 0 bridgehead atoms. The monoisotopic (exact) mass is 327 g/mol. The lowest BCUT2D eigenvalue weighted by molar-refractivity contribution is -0.0123. The highest BCUT2D eigenvalue weighted by atomic mass is 16.5. The van der Waals surface area contributed by atoms with Gasteiger partial charge in [0.05, 0.1) is 31.1 Å². The van der Waals surface area contributed by atoms with E-state index in [1.807, 2.05) is 31.2 Å². The zero-order chi connectivity index (χ0) is 16.9. The van der Waals surface area contributed by atoms with Crippen LogP contribution in [0.25, 0.3) is 0 Å². The lowest BCUT2D eigenvalue weighted by Gasteiger charge is -2.31. The molecule has 0 spiro atoms. The second-order valence-corrected chi connectivity index (χ2v) is 5.66. The van der Waals surface area contributed by atoms with Gasteiger partial charge in [-0.15, -0.1) is 0 Å². The van der Waals surface area contributed by atoms with Gasteiger partial charge in [-0.25, -0.2) is 4.98 Å². The molecule has 1 unspecified atom stereocenters. The molecule has 1 aromatic carbocycles. The Hall–Kier alpha value is -2.60. The molecule has 0 radical (unpaired) electrons. The third-order valence-corrected chi connectivity index (χ3v) is 3.93. The van der Waals surface area contributed by atoms with Crippen molar-refractivity contribution in [1.82, 2.24) is 9.88 Å². The van der Waals surface area contributed by atoms with Crippen molar-refractivity contribution < 1.29 is 14.3 Å². The van der Waals surface area contributed by atoms with E-state index in [1.165, 1.54) is 0 Å². The Morgan fingerprint density at radius 2 is 2.17 bits per heavy atom. The molecule has 6 heteroatoms. The largest absolute Gasteiger partial charge is 0.495 e. The van der Waals surface area contributed by atoms with Gasteiger partial charge in [0.1, 0.15) is 11.6 Å². The minimum Gasteiger partial charge on any atom is -0.495 e. The Morgan fingerprint density at radius 1 is 1.33 bits per heavy atom. The minimum atomic E-state index is -0.0457. The number of benzene rings is 1. The number of para-hydroxylation sites is 2. The predicted molar refractivity (Wildman–Crippen MR) is 91.8 cm³/mol. The molecule has 6 nitrogen and oxygen atoms in total. The number of hydrogen-bond donors (Lipinski definition) is 1. The third kappa shape index (κ3) is 3.49. The molecule has 1 aromatic heterocycles. The maximum Gasteiger partial charge on any atom is 0.257 e. The van der Waals surface area contributed by atoms with Crippen LogP contribution in [0.5, 0.6) is 5.75 Å². The van der Waals surface area contributed by atoms with E-state index in [2.05, 4.69) is 10.3 Å². The molecular formula is C18H21N3O3. The van der Waals surface area contributed by atoms with Crippen molar-refractivity contribution >= 4 is 17.4 Å². The molecule has 126 valence electrons. The van der Waals surface area contributed by atoms with E-state index in [0.717, 1.165) is 5.69 Å². The summed E-state index contributed by atoms with van der Waals surface area (Å²) in [4.78, 5) is 19.0. The Morgan fingerprint density at radius 3 is 2.96 bits per heavy atom. The van der Waals surface area contributed by atoms with Gasteiger partial charge < -0.3 is 19.7 Å². The first-order valence-electron chi connectivity index (χ1n) is 7.95. The van der Waals surface area contributed by atoms with Crippen LogP contribution in [0.15, 0.2) is 42.6 Å². The number of nitrogens with zero attached hydrogens (tertiary/aromatic N) is 2. The quantitative estimate of drug-likeness (QED) is 0.935. The summed E-state index contributed by atoms with van der Waals surface area (Å²) in [7, 11) is 1.61. The minimum absolute atomic E-state index is 0.0457. The van der Waals surface area contributed by atoms with Crippen LogP contribution in [0, 0.1) is 0 Å². The fourth-order valence-corrected chi connectivity index (χ4v) is 2.73. The van der Waals surface area contributed by atoms with Gasteiger partial charge in [0.15, 0.2) is 0 Å². The number of carbonyl (C=O) groups is 1. The number of aromatic nitrogens is 1.